The number of carbonyl (C=O) groups excluding carboxylic acids is 1. The van der Waals surface area contributed by atoms with Gasteiger partial charge in [-0.2, -0.15) is 5.26 Å². The smallest absolute Gasteiger partial charge is 0.312 e. The first-order chi connectivity index (χ1) is 7.01. The number of rotatable bonds is 3. The lowest BCUT2D eigenvalue weighted by Gasteiger charge is -2.29. The molecule has 84 valence electrons. The fourth-order valence-corrected chi connectivity index (χ4v) is 2.01. The highest BCUT2D eigenvalue weighted by Gasteiger charge is 2.35. The van der Waals surface area contributed by atoms with Crippen LogP contribution in [0.25, 0.3) is 0 Å². The van der Waals surface area contributed by atoms with Gasteiger partial charge in [0, 0.05) is 6.54 Å². The third-order valence-corrected chi connectivity index (χ3v) is 2.85. The van der Waals surface area contributed by atoms with Crippen molar-refractivity contribution in [1.82, 2.24) is 4.90 Å². The summed E-state index contributed by atoms with van der Waals surface area (Å²) in [4.78, 5) is 13.6. The third kappa shape index (κ3) is 2.69. The Bertz CT molecular complexity index is 281. The molecule has 0 aromatic carbocycles. The SMILES string of the molecule is COC(=O)C(C)(C)CN1CCCC1C#N. The van der Waals surface area contributed by atoms with Crippen molar-refractivity contribution in [3.8, 4) is 6.07 Å². The highest BCUT2D eigenvalue weighted by atomic mass is 16.5. The van der Waals surface area contributed by atoms with Gasteiger partial charge in [0.1, 0.15) is 0 Å². The van der Waals surface area contributed by atoms with E-state index in [0.29, 0.717) is 6.54 Å². The Morgan fingerprint density at radius 1 is 1.67 bits per heavy atom. The van der Waals surface area contributed by atoms with E-state index in [1.807, 2.05) is 13.8 Å². The van der Waals surface area contributed by atoms with Crippen LogP contribution in [-0.2, 0) is 9.53 Å². The zero-order valence-corrected chi connectivity index (χ0v) is 9.62. The van der Waals surface area contributed by atoms with E-state index in [0.717, 1.165) is 19.4 Å². The maximum absolute atomic E-state index is 11.5. The number of nitriles is 1. The molecule has 0 aromatic rings. The van der Waals surface area contributed by atoms with Crippen molar-refractivity contribution in [3.63, 3.8) is 0 Å². The largest absolute Gasteiger partial charge is 0.469 e. The van der Waals surface area contributed by atoms with Gasteiger partial charge in [0.25, 0.3) is 0 Å². The maximum atomic E-state index is 11.5. The normalized spacial score (nSPS) is 22.4. The van der Waals surface area contributed by atoms with Gasteiger partial charge in [-0.3, -0.25) is 9.69 Å². The van der Waals surface area contributed by atoms with E-state index >= 15 is 0 Å². The molecule has 0 aliphatic carbocycles. The van der Waals surface area contributed by atoms with Gasteiger partial charge in [-0.05, 0) is 33.2 Å². The summed E-state index contributed by atoms with van der Waals surface area (Å²) in [5.41, 5.74) is -0.534. The molecule has 0 bridgehead atoms. The minimum atomic E-state index is -0.534. The first kappa shape index (κ1) is 12.0. The molecule has 1 rings (SSSR count). The van der Waals surface area contributed by atoms with Gasteiger partial charge in [-0.15, -0.1) is 0 Å². The summed E-state index contributed by atoms with van der Waals surface area (Å²) in [6.45, 7) is 5.20. The molecule has 4 nitrogen and oxygen atoms in total. The van der Waals surface area contributed by atoms with Crippen molar-refractivity contribution in [2.45, 2.75) is 32.7 Å². The topological polar surface area (TPSA) is 53.3 Å². The second kappa shape index (κ2) is 4.63. The molecule has 4 heteroatoms. The number of hydrogen-bond acceptors (Lipinski definition) is 4. The van der Waals surface area contributed by atoms with E-state index in [1.54, 1.807) is 0 Å². The second-order valence-corrected chi connectivity index (χ2v) is 4.63. The molecule has 1 fully saturated rings. The van der Waals surface area contributed by atoms with Gasteiger partial charge < -0.3 is 4.74 Å². The monoisotopic (exact) mass is 210 g/mol. The summed E-state index contributed by atoms with van der Waals surface area (Å²) in [6.07, 6.45) is 1.95. The van der Waals surface area contributed by atoms with Crippen molar-refractivity contribution in [3.05, 3.63) is 0 Å². The molecular formula is C11H18N2O2. The van der Waals surface area contributed by atoms with Gasteiger partial charge in [-0.25, -0.2) is 0 Å². The molecule has 1 unspecified atom stereocenters. The average molecular weight is 210 g/mol. The van der Waals surface area contributed by atoms with Crippen molar-refractivity contribution < 1.29 is 9.53 Å². The Labute approximate surface area is 90.8 Å². The van der Waals surface area contributed by atoms with Gasteiger partial charge >= 0.3 is 5.97 Å². The van der Waals surface area contributed by atoms with Crippen molar-refractivity contribution in [2.75, 3.05) is 20.2 Å². The molecule has 1 atom stereocenters. The summed E-state index contributed by atoms with van der Waals surface area (Å²) >= 11 is 0. The molecule has 1 saturated heterocycles. The molecule has 1 aliphatic heterocycles. The van der Waals surface area contributed by atoms with Gasteiger partial charge in [0.2, 0.25) is 0 Å². The van der Waals surface area contributed by atoms with Crippen molar-refractivity contribution in [2.24, 2.45) is 5.41 Å². The molecule has 0 spiro atoms. The predicted octanol–water partition coefficient (Wildman–Crippen LogP) is 1.17. The number of ether oxygens (including phenoxy) is 1. The van der Waals surface area contributed by atoms with Crippen LogP contribution in [0.2, 0.25) is 0 Å². The Kier molecular flexibility index (Phi) is 3.70. The number of hydrogen-bond donors (Lipinski definition) is 0. The van der Waals surface area contributed by atoms with E-state index in [9.17, 15) is 4.79 Å². The Morgan fingerprint density at radius 2 is 2.33 bits per heavy atom. The quantitative estimate of drug-likeness (QED) is 0.656. The van der Waals surface area contributed by atoms with Crippen LogP contribution in [0.4, 0.5) is 0 Å². The molecular weight excluding hydrogens is 192 g/mol. The molecule has 0 radical (unpaired) electrons. The van der Waals surface area contributed by atoms with Gasteiger partial charge in [0.15, 0.2) is 0 Å². The zero-order valence-electron chi connectivity index (χ0n) is 9.62. The lowest BCUT2D eigenvalue weighted by molar-refractivity contribution is -0.151. The predicted molar refractivity (Wildman–Crippen MR) is 56.0 cm³/mol. The zero-order chi connectivity index (χ0) is 11.5. The Morgan fingerprint density at radius 3 is 2.87 bits per heavy atom. The van der Waals surface area contributed by atoms with E-state index in [-0.39, 0.29) is 12.0 Å². The van der Waals surface area contributed by atoms with Crippen LogP contribution in [-0.4, -0.2) is 37.1 Å². The second-order valence-electron chi connectivity index (χ2n) is 4.63. The first-order valence-corrected chi connectivity index (χ1v) is 5.23. The summed E-state index contributed by atoms with van der Waals surface area (Å²) in [5.74, 6) is -0.217. The van der Waals surface area contributed by atoms with E-state index in [1.165, 1.54) is 7.11 Å². The van der Waals surface area contributed by atoms with Crippen LogP contribution in [0.15, 0.2) is 0 Å². The average Bonchev–Trinajstić information content (AvgIpc) is 2.63. The summed E-state index contributed by atoms with van der Waals surface area (Å²) in [5, 5.41) is 8.92. The number of esters is 1. The molecule has 0 N–H and O–H groups in total. The Balaban J connectivity index is 2.61. The molecule has 0 amide bonds. The maximum Gasteiger partial charge on any atom is 0.312 e. The summed E-state index contributed by atoms with van der Waals surface area (Å²) in [6, 6.07) is 2.23. The number of methoxy groups -OCH3 is 1. The molecule has 0 saturated carbocycles. The Hall–Kier alpha value is -1.08. The van der Waals surface area contributed by atoms with Crippen LogP contribution < -0.4 is 0 Å². The molecule has 1 heterocycles. The third-order valence-electron chi connectivity index (χ3n) is 2.85. The van der Waals surface area contributed by atoms with Crippen LogP contribution in [0.1, 0.15) is 26.7 Å². The van der Waals surface area contributed by atoms with Crippen molar-refractivity contribution in [1.29, 1.82) is 5.26 Å². The highest BCUT2D eigenvalue weighted by Crippen LogP contribution is 2.24. The lowest BCUT2D eigenvalue weighted by Crippen LogP contribution is -2.41. The number of nitrogens with zero attached hydrogens (tertiary/aromatic N) is 2. The standard InChI is InChI=1S/C11H18N2O2/c1-11(2,10(14)15-3)8-13-6-4-5-9(13)7-12/h9H,4-6,8H2,1-3H3. The van der Waals surface area contributed by atoms with Gasteiger partial charge in [0.05, 0.1) is 24.6 Å². The fourth-order valence-electron chi connectivity index (χ4n) is 2.01. The highest BCUT2D eigenvalue weighted by molar-refractivity contribution is 5.76. The summed E-state index contributed by atoms with van der Waals surface area (Å²) in [7, 11) is 1.40. The first-order valence-electron chi connectivity index (χ1n) is 5.23. The molecule has 0 aromatic heterocycles. The van der Waals surface area contributed by atoms with Crippen LogP contribution >= 0.6 is 0 Å². The number of likely N-dealkylation sites (tertiary alicyclic amines) is 1. The fraction of sp³-hybridized carbons (Fsp3) is 0.818. The lowest BCUT2D eigenvalue weighted by atomic mass is 9.92. The van der Waals surface area contributed by atoms with Gasteiger partial charge in [-0.1, -0.05) is 0 Å². The van der Waals surface area contributed by atoms with E-state index in [4.69, 9.17) is 10.00 Å². The minimum absolute atomic E-state index is 0.0334. The van der Waals surface area contributed by atoms with Crippen LogP contribution in [0.3, 0.4) is 0 Å². The molecule has 1 aliphatic rings. The van der Waals surface area contributed by atoms with E-state index in [2.05, 4.69) is 11.0 Å². The van der Waals surface area contributed by atoms with Crippen LogP contribution in [0.5, 0.6) is 0 Å². The van der Waals surface area contributed by atoms with Crippen molar-refractivity contribution >= 4 is 5.97 Å². The summed E-state index contributed by atoms with van der Waals surface area (Å²) < 4.78 is 4.75. The van der Waals surface area contributed by atoms with E-state index < -0.39 is 5.41 Å². The minimum Gasteiger partial charge on any atom is -0.469 e. The molecule has 15 heavy (non-hydrogen) atoms. The number of carbonyl (C=O) groups is 1. The van der Waals surface area contributed by atoms with Crippen LogP contribution in [0, 0.1) is 16.7 Å².